The zero-order chi connectivity index (χ0) is 11.3. The molecule has 0 aromatic carbocycles. The van der Waals surface area contributed by atoms with Gasteiger partial charge in [-0.15, -0.1) is 0 Å². The largest absolute Gasteiger partial charge is 0.351 e. The summed E-state index contributed by atoms with van der Waals surface area (Å²) in [5.74, 6) is 0.0773. The van der Waals surface area contributed by atoms with E-state index in [0.717, 1.165) is 31.5 Å². The Morgan fingerprint density at radius 3 is 2.67 bits per heavy atom. The van der Waals surface area contributed by atoms with Crippen LogP contribution in [0.25, 0.3) is 0 Å². The molecule has 0 bridgehead atoms. The minimum atomic E-state index is 0.0773. The van der Waals surface area contributed by atoms with Gasteiger partial charge in [-0.2, -0.15) is 0 Å². The van der Waals surface area contributed by atoms with E-state index in [4.69, 9.17) is 5.73 Å². The molecule has 3 N–H and O–H groups in total. The van der Waals surface area contributed by atoms with Crippen molar-refractivity contribution in [1.29, 1.82) is 0 Å². The normalized spacial score (nSPS) is 18.8. The van der Waals surface area contributed by atoms with Crippen LogP contribution < -0.4 is 11.1 Å². The van der Waals surface area contributed by atoms with E-state index in [9.17, 15) is 4.79 Å². The number of nitrogens with two attached hydrogens (primary N) is 1. The average molecular weight is 211 g/mol. The van der Waals surface area contributed by atoms with Crippen LogP contribution in [0.2, 0.25) is 0 Å². The van der Waals surface area contributed by atoms with E-state index in [-0.39, 0.29) is 5.91 Å². The molecule has 1 aliphatic heterocycles. The first kappa shape index (κ1) is 12.2. The van der Waals surface area contributed by atoms with Crippen molar-refractivity contribution in [1.82, 2.24) is 10.2 Å². The van der Waals surface area contributed by atoms with Crippen LogP contribution in [0.1, 0.15) is 19.8 Å². The number of hydrogen-bond acceptors (Lipinski definition) is 3. The van der Waals surface area contributed by atoms with E-state index in [2.05, 4.69) is 16.8 Å². The first-order valence-corrected chi connectivity index (χ1v) is 5.47. The van der Waals surface area contributed by atoms with E-state index < -0.39 is 0 Å². The van der Waals surface area contributed by atoms with Gasteiger partial charge in [-0.25, -0.2) is 0 Å². The summed E-state index contributed by atoms with van der Waals surface area (Å²) in [6, 6.07) is 0.319. The van der Waals surface area contributed by atoms with Gasteiger partial charge < -0.3 is 11.1 Å². The lowest BCUT2D eigenvalue weighted by molar-refractivity contribution is -0.122. The molecule has 4 nitrogen and oxygen atoms in total. The third kappa shape index (κ3) is 4.95. The van der Waals surface area contributed by atoms with Gasteiger partial charge in [-0.05, 0) is 19.8 Å². The maximum absolute atomic E-state index is 11.5. The number of amides is 1. The molecule has 1 heterocycles. The summed E-state index contributed by atoms with van der Waals surface area (Å²) in [6.07, 6.45) is 1.99. The van der Waals surface area contributed by atoms with Crippen LogP contribution in [0.4, 0.5) is 0 Å². The Hall–Kier alpha value is -0.870. The van der Waals surface area contributed by atoms with Crippen molar-refractivity contribution in [2.45, 2.75) is 25.8 Å². The molecule has 0 aromatic heterocycles. The second-order valence-electron chi connectivity index (χ2n) is 4.35. The topological polar surface area (TPSA) is 58.4 Å². The minimum Gasteiger partial charge on any atom is -0.351 e. The first-order valence-electron chi connectivity index (χ1n) is 5.47. The first-order chi connectivity index (χ1) is 7.08. The van der Waals surface area contributed by atoms with Crippen molar-refractivity contribution in [2.75, 3.05) is 26.2 Å². The Morgan fingerprint density at radius 1 is 1.53 bits per heavy atom. The van der Waals surface area contributed by atoms with Crippen molar-refractivity contribution >= 4 is 5.91 Å². The van der Waals surface area contributed by atoms with Gasteiger partial charge in [-0.3, -0.25) is 9.69 Å². The lowest BCUT2D eigenvalue weighted by Crippen LogP contribution is -2.44. The fourth-order valence-corrected chi connectivity index (χ4v) is 1.62. The number of rotatable bonds is 4. The fourth-order valence-electron chi connectivity index (χ4n) is 1.62. The molecule has 0 unspecified atom stereocenters. The lowest BCUT2D eigenvalue weighted by atomic mass is 10.1. The van der Waals surface area contributed by atoms with Crippen LogP contribution in [0.3, 0.4) is 0 Å². The molecule has 1 amide bonds. The monoisotopic (exact) mass is 211 g/mol. The third-order valence-electron chi connectivity index (χ3n) is 2.59. The standard InChI is InChI=1S/C11H21N3O/c1-9(2)7-13-11(15)8-14-5-3-10(12)4-6-14/h10H,1,3-8,12H2,2H3,(H,13,15). The van der Waals surface area contributed by atoms with Crippen LogP contribution >= 0.6 is 0 Å². The molecule has 0 radical (unpaired) electrons. The summed E-state index contributed by atoms with van der Waals surface area (Å²) >= 11 is 0. The molecule has 1 rings (SSSR count). The van der Waals surface area contributed by atoms with Crippen molar-refractivity contribution in [3.63, 3.8) is 0 Å². The molecule has 1 aliphatic rings. The van der Waals surface area contributed by atoms with Gasteiger partial charge in [0.1, 0.15) is 0 Å². The van der Waals surface area contributed by atoms with Crippen molar-refractivity contribution in [3.8, 4) is 0 Å². The molecule has 15 heavy (non-hydrogen) atoms. The van der Waals surface area contributed by atoms with Gasteiger partial charge in [0.2, 0.25) is 5.91 Å². The van der Waals surface area contributed by atoms with Gasteiger partial charge in [0.15, 0.2) is 0 Å². The Bertz CT molecular complexity index is 232. The van der Waals surface area contributed by atoms with Crippen LogP contribution in [0, 0.1) is 0 Å². The Balaban J connectivity index is 2.17. The highest BCUT2D eigenvalue weighted by Gasteiger charge is 2.17. The number of nitrogens with one attached hydrogen (secondary N) is 1. The summed E-state index contributed by atoms with van der Waals surface area (Å²) in [5.41, 5.74) is 6.76. The highest BCUT2D eigenvalue weighted by molar-refractivity contribution is 5.78. The molecule has 1 saturated heterocycles. The molecule has 4 heteroatoms. The Morgan fingerprint density at radius 2 is 2.13 bits per heavy atom. The Labute approximate surface area is 91.5 Å². The molecular formula is C11H21N3O. The second-order valence-corrected chi connectivity index (χ2v) is 4.35. The molecule has 1 fully saturated rings. The molecule has 0 spiro atoms. The smallest absolute Gasteiger partial charge is 0.234 e. The second kappa shape index (κ2) is 5.88. The predicted molar refractivity (Wildman–Crippen MR) is 61.5 cm³/mol. The number of carbonyl (C=O) groups is 1. The third-order valence-corrected chi connectivity index (χ3v) is 2.59. The number of carbonyl (C=O) groups excluding carboxylic acids is 1. The summed E-state index contributed by atoms with van der Waals surface area (Å²) in [4.78, 5) is 13.6. The van der Waals surface area contributed by atoms with E-state index in [1.54, 1.807) is 0 Å². The lowest BCUT2D eigenvalue weighted by Gasteiger charge is -2.29. The van der Waals surface area contributed by atoms with E-state index in [1.807, 2.05) is 6.92 Å². The number of likely N-dealkylation sites (tertiary alicyclic amines) is 1. The Kier molecular flexibility index (Phi) is 4.78. The minimum absolute atomic E-state index is 0.0773. The number of piperidine rings is 1. The fraction of sp³-hybridized carbons (Fsp3) is 0.727. The summed E-state index contributed by atoms with van der Waals surface area (Å²) < 4.78 is 0. The molecule has 0 aromatic rings. The maximum Gasteiger partial charge on any atom is 0.234 e. The van der Waals surface area contributed by atoms with Gasteiger partial charge >= 0.3 is 0 Å². The molecular weight excluding hydrogens is 190 g/mol. The van der Waals surface area contributed by atoms with Crippen molar-refractivity contribution < 1.29 is 4.79 Å². The van der Waals surface area contributed by atoms with Crippen LogP contribution in [-0.4, -0.2) is 43.0 Å². The van der Waals surface area contributed by atoms with Crippen LogP contribution in [0.15, 0.2) is 12.2 Å². The van der Waals surface area contributed by atoms with Gasteiger partial charge in [0, 0.05) is 25.7 Å². The zero-order valence-corrected chi connectivity index (χ0v) is 9.46. The molecule has 86 valence electrons. The zero-order valence-electron chi connectivity index (χ0n) is 9.46. The van der Waals surface area contributed by atoms with E-state index >= 15 is 0 Å². The van der Waals surface area contributed by atoms with Crippen molar-refractivity contribution in [3.05, 3.63) is 12.2 Å². The van der Waals surface area contributed by atoms with Crippen LogP contribution in [0.5, 0.6) is 0 Å². The van der Waals surface area contributed by atoms with Crippen LogP contribution in [-0.2, 0) is 4.79 Å². The van der Waals surface area contributed by atoms with Gasteiger partial charge in [0.05, 0.1) is 6.54 Å². The quantitative estimate of drug-likeness (QED) is 0.649. The summed E-state index contributed by atoms with van der Waals surface area (Å²) in [6.45, 7) is 8.57. The SMILES string of the molecule is C=C(C)CNC(=O)CN1CCC(N)CC1. The van der Waals surface area contributed by atoms with E-state index in [0.29, 0.717) is 19.1 Å². The number of hydrogen-bond donors (Lipinski definition) is 2. The highest BCUT2D eigenvalue weighted by Crippen LogP contribution is 2.07. The molecule has 0 atom stereocenters. The molecule has 0 saturated carbocycles. The highest BCUT2D eigenvalue weighted by atomic mass is 16.2. The van der Waals surface area contributed by atoms with E-state index in [1.165, 1.54) is 0 Å². The summed E-state index contributed by atoms with van der Waals surface area (Å²) in [5, 5.41) is 2.83. The average Bonchev–Trinajstić information content (AvgIpc) is 2.19. The van der Waals surface area contributed by atoms with Gasteiger partial charge in [-0.1, -0.05) is 12.2 Å². The summed E-state index contributed by atoms with van der Waals surface area (Å²) in [7, 11) is 0. The van der Waals surface area contributed by atoms with Crippen molar-refractivity contribution in [2.24, 2.45) is 5.73 Å². The molecule has 0 aliphatic carbocycles. The van der Waals surface area contributed by atoms with Gasteiger partial charge in [0.25, 0.3) is 0 Å². The predicted octanol–water partition coefficient (Wildman–Crippen LogP) is 0.102. The number of nitrogens with zero attached hydrogens (tertiary/aromatic N) is 1. The maximum atomic E-state index is 11.5.